The fourth-order valence-electron chi connectivity index (χ4n) is 1.88. The monoisotopic (exact) mass is 344 g/mol. The molecule has 0 radical (unpaired) electrons. The Morgan fingerprint density at radius 1 is 1.16 bits per heavy atom. The largest absolute Gasteiger partial charge is 0.343 e. The van der Waals surface area contributed by atoms with Crippen molar-refractivity contribution in [3.63, 3.8) is 0 Å². The fourth-order valence-corrected chi connectivity index (χ4v) is 1.88. The number of halogens is 1. The van der Waals surface area contributed by atoms with Gasteiger partial charge in [0.1, 0.15) is 5.82 Å². The summed E-state index contributed by atoms with van der Waals surface area (Å²) < 4.78 is 13.4. The molecule has 0 heterocycles. The van der Waals surface area contributed by atoms with Gasteiger partial charge in [-0.3, -0.25) is 19.7 Å². The lowest BCUT2D eigenvalue weighted by molar-refractivity contribution is -0.385. The van der Waals surface area contributed by atoms with E-state index in [1.807, 2.05) is 0 Å². The molecular formula is C16H13FN4O4. The molecule has 2 aromatic carbocycles. The molecule has 2 aromatic rings. The van der Waals surface area contributed by atoms with E-state index in [0.717, 1.165) is 12.3 Å². The van der Waals surface area contributed by atoms with Crippen molar-refractivity contribution in [2.45, 2.75) is 0 Å². The van der Waals surface area contributed by atoms with Crippen molar-refractivity contribution in [1.29, 1.82) is 0 Å². The number of nitrogens with one attached hydrogen (secondary N) is 2. The molecule has 2 amide bonds. The Hall–Kier alpha value is -3.62. The number of benzene rings is 2. The number of amides is 2. The van der Waals surface area contributed by atoms with Crippen molar-refractivity contribution in [3.05, 3.63) is 75.6 Å². The van der Waals surface area contributed by atoms with Gasteiger partial charge < -0.3 is 5.32 Å². The van der Waals surface area contributed by atoms with Gasteiger partial charge in [-0.2, -0.15) is 5.10 Å². The van der Waals surface area contributed by atoms with Crippen molar-refractivity contribution >= 4 is 23.7 Å². The van der Waals surface area contributed by atoms with E-state index in [2.05, 4.69) is 15.8 Å². The number of hydrogen-bond acceptors (Lipinski definition) is 5. The summed E-state index contributed by atoms with van der Waals surface area (Å²) in [7, 11) is 0. The average Bonchev–Trinajstić information content (AvgIpc) is 2.60. The van der Waals surface area contributed by atoms with E-state index >= 15 is 0 Å². The molecule has 0 aliphatic rings. The van der Waals surface area contributed by atoms with Gasteiger partial charge in [0.25, 0.3) is 17.5 Å². The zero-order valence-corrected chi connectivity index (χ0v) is 12.8. The van der Waals surface area contributed by atoms with Gasteiger partial charge in [0.05, 0.1) is 28.8 Å². The van der Waals surface area contributed by atoms with Crippen molar-refractivity contribution in [2.24, 2.45) is 5.10 Å². The summed E-state index contributed by atoms with van der Waals surface area (Å²) in [6.45, 7) is -0.429. The van der Waals surface area contributed by atoms with Gasteiger partial charge in [-0.15, -0.1) is 0 Å². The molecule has 2 rings (SSSR count). The molecule has 0 saturated carbocycles. The van der Waals surface area contributed by atoms with Gasteiger partial charge in [-0.05, 0) is 18.2 Å². The Balaban J connectivity index is 1.88. The molecule has 0 bridgehead atoms. The Labute approximate surface area is 141 Å². The van der Waals surface area contributed by atoms with Crippen LogP contribution in [0.15, 0.2) is 53.6 Å². The van der Waals surface area contributed by atoms with E-state index in [9.17, 15) is 24.1 Å². The highest BCUT2D eigenvalue weighted by Gasteiger charge is 2.12. The minimum atomic E-state index is -0.740. The van der Waals surface area contributed by atoms with Crippen molar-refractivity contribution < 1.29 is 18.9 Å². The molecule has 0 saturated heterocycles. The summed E-state index contributed by atoms with van der Waals surface area (Å²) in [5.74, 6) is -2.11. The van der Waals surface area contributed by atoms with Gasteiger partial charge in [-0.25, -0.2) is 9.82 Å². The molecule has 128 valence electrons. The van der Waals surface area contributed by atoms with Crippen LogP contribution < -0.4 is 10.7 Å². The Kier molecular flexibility index (Phi) is 5.88. The first-order valence-corrected chi connectivity index (χ1v) is 7.07. The number of carbonyl (C=O) groups is 2. The number of rotatable bonds is 6. The summed E-state index contributed by atoms with van der Waals surface area (Å²) in [4.78, 5) is 33.6. The third-order valence-corrected chi connectivity index (χ3v) is 3.05. The summed E-state index contributed by atoms with van der Waals surface area (Å²) in [5.41, 5.74) is 1.99. The number of hydrogen-bond donors (Lipinski definition) is 2. The highest BCUT2D eigenvalue weighted by atomic mass is 19.1. The van der Waals surface area contributed by atoms with Crippen molar-refractivity contribution in [1.82, 2.24) is 10.7 Å². The maximum absolute atomic E-state index is 13.4. The van der Waals surface area contributed by atoms with Crippen molar-refractivity contribution in [2.75, 3.05) is 6.54 Å². The van der Waals surface area contributed by atoms with Crippen LogP contribution in [-0.4, -0.2) is 29.5 Å². The van der Waals surface area contributed by atoms with Crippen LogP contribution in [0.25, 0.3) is 0 Å². The van der Waals surface area contributed by atoms with Gasteiger partial charge >= 0.3 is 0 Å². The third-order valence-electron chi connectivity index (χ3n) is 3.05. The van der Waals surface area contributed by atoms with Gasteiger partial charge in [0, 0.05) is 6.07 Å². The SMILES string of the molecule is O=C(CNC(=O)c1ccccc1F)N/N=C\c1ccccc1[N+](=O)[O-]. The van der Waals surface area contributed by atoms with E-state index < -0.39 is 29.1 Å². The number of para-hydroxylation sites is 1. The maximum Gasteiger partial charge on any atom is 0.278 e. The summed E-state index contributed by atoms with van der Waals surface area (Å²) in [6.07, 6.45) is 1.12. The molecule has 2 N–H and O–H groups in total. The fraction of sp³-hybridized carbons (Fsp3) is 0.0625. The second kappa shape index (κ2) is 8.29. The Bertz CT molecular complexity index is 838. The first-order valence-electron chi connectivity index (χ1n) is 7.07. The maximum atomic E-state index is 13.4. The third kappa shape index (κ3) is 4.93. The zero-order chi connectivity index (χ0) is 18.2. The summed E-state index contributed by atoms with van der Waals surface area (Å²) in [6, 6.07) is 11.2. The zero-order valence-electron chi connectivity index (χ0n) is 12.8. The molecule has 8 nitrogen and oxygen atoms in total. The van der Waals surface area contributed by atoms with Crippen molar-refractivity contribution in [3.8, 4) is 0 Å². The summed E-state index contributed by atoms with van der Waals surface area (Å²) in [5, 5.41) is 16.7. The second-order valence-corrected chi connectivity index (χ2v) is 4.77. The van der Waals surface area contributed by atoms with Crippen LogP contribution in [0.4, 0.5) is 10.1 Å². The average molecular weight is 344 g/mol. The van der Waals surface area contributed by atoms with E-state index in [1.54, 1.807) is 6.07 Å². The van der Waals surface area contributed by atoms with Crippen LogP contribution in [0.1, 0.15) is 15.9 Å². The minimum Gasteiger partial charge on any atom is -0.343 e. The Morgan fingerprint density at radius 3 is 2.56 bits per heavy atom. The minimum absolute atomic E-state index is 0.159. The lowest BCUT2D eigenvalue weighted by Crippen LogP contribution is -2.35. The van der Waals surface area contributed by atoms with Crippen LogP contribution in [0.5, 0.6) is 0 Å². The predicted octanol–water partition coefficient (Wildman–Crippen LogP) is 1.61. The van der Waals surface area contributed by atoms with Crippen LogP contribution in [-0.2, 0) is 4.79 Å². The highest BCUT2D eigenvalue weighted by molar-refractivity contribution is 5.96. The normalized spacial score (nSPS) is 10.4. The van der Waals surface area contributed by atoms with E-state index in [1.165, 1.54) is 36.4 Å². The molecule has 0 atom stereocenters. The van der Waals surface area contributed by atoms with E-state index in [-0.39, 0.29) is 16.8 Å². The number of nitro groups is 1. The second-order valence-electron chi connectivity index (χ2n) is 4.77. The summed E-state index contributed by atoms with van der Waals surface area (Å²) >= 11 is 0. The topological polar surface area (TPSA) is 114 Å². The van der Waals surface area contributed by atoms with Gasteiger partial charge in [0.15, 0.2) is 0 Å². The molecular weight excluding hydrogens is 331 g/mol. The number of nitrogens with zero attached hydrogens (tertiary/aromatic N) is 2. The molecule has 0 aromatic heterocycles. The molecule has 9 heteroatoms. The highest BCUT2D eigenvalue weighted by Crippen LogP contribution is 2.14. The lowest BCUT2D eigenvalue weighted by Gasteiger charge is -2.05. The van der Waals surface area contributed by atoms with Crippen LogP contribution >= 0.6 is 0 Å². The number of hydrazone groups is 1. The molecule has 0 aliphatic carbocycles. The van der Waals surface area contributed by atoms with E-state index in [0.29, 0.717) is 0 Å². The number of nitro benzene ring substituents is 1. The predicted molar refractivity (Wildman–Crippen MR) is 87.6 cm³/mol. The molecule has 0 unspecified atom stereocenters. The molecule has 0 fully saturated rings. The van der Waals surface area contributed by atoms with Crippen LogP contribution in [0.3, 0.4) is 0 Å². The molecule has 25 heavy (non-hydrogen) atoms. The quantitative estimate of drug-likeness (QED) is 0.471. The van der Waals surface area contributed by atoms with Crippen LogP contribution in [0, 0.1) is 15.9 Å². The first kappa shape index (κ1) is 17.7. The Morgan fingerprint density at radius 2 is 1.84 bits per heavy atom. The van der Waals surface area contributed by atoms with Crippen LogP contribution in [0.2, 0.25) is 0 Å². The first-order chi connectivity index (χ1) is 12.0. The van der Waals surface area contributed by atoms with Gasteiger partial charge in [-0.1, -0.05) is 24.3 Å². The smallest absolute Gasteiger partial charge is 0.278 e. The molecule has 0 spiro atoms. The lowest BCUT2D eigenvalue weighted by atomic mass is 10.2. The van der Waals surface area contributed by atoms with E-state index in [4.69, 9.17) is 0 Å². The standard InChI is InChI=1S/C16H13FN4O4/c17-13-7-3-2-6-12(13)16(23)18-10-15(22)20-19-9-11-5-1-4-8-14(11)21(24)25/h1-9H,10H2,(H,18,23)(H,20,22)/b19-9-. The number of carbonyl (C=O) groups excluding carboxylic acids is 2. The molecule has 0 aliphatic heterocycles. The van der Waals surface area contributed by atoms with Gasteiger partial charge in [0.2, 0.25) is 0 Å².